The lowest BCUT2D eigenvalue weighted by Crippen LogP contribution is -2.50. The Morgan fingerprint density at radius 3 is 2.84 bits per heavy atom. The van der Waals surface area contributed by atoms with Gasteiger partial charge in [0.25, 0.3) is 5.91 Å². The molecule has 1 aliphatic heterocycles. The first-order valence-corrected chi connectivity index (χ1v) is 6.51. The van der Waals surface area contributed by atoms with Crippen molar-refractivity contribution in [1.82, 2.24) is 4.90 Å². The summed E-state index contributed by atoms with van der Waals surface area (Å²) in [7, 11) is 0. The Balaban J connectivity index is 2.34. The first-order chi connectivity index (χ1) is 9.02. The number of hydrogen-bond acceptors (Lipinski definition) is 3. The molecule has 0 aromatic heterocycles. The zero-order valence-corrected chi connectivity index (χ0v) is 11.1. The van der Waals surface area contributed by atoms with Crippen molar-refractivity contribution in [3.63, 3.8) is 0 Å². The first-order valence-electron chi connectivity index (χ1n) is 6.10. The van der Waals surface area contributed by atoms with E-state index in [1.54, 1.807) is 0 Å². The third-order valence-electron chi connectivity index (χ3n) is 3.30. The molecular weight excluding hydrogens is 267 g/mol. The number of nitrogens with zero attached hydrogens (tertiary/aromatic N) is 1. The van der Waals surface area contributed by atoms with Gasteiger partial charge in [0, 0.05) is 6.54 Å². The highest BCUT2D eigenvalue weighted by atomic mass is 32.1. The van der Waals surface area contributed by atoms with E-state index in [4.69, 9.17) is 18.0 Å². The smallest absolute Gasteiger partial charge is 0.261 e. The van der Waals surface area contributed by atoms with Crippen LogP contribution in [0.15, 0.2) is 18.2 Å². The number of nitrogens with two attached hydrogens (primary N) is 1. The molecule has 1 aliphatic rings. The zero-order valence-electron chi connectivity index (χ0n) is 10.3. The lowest BCUT2D eigenvalue weighted by Gasteiger charge is -2.35. The van der Waals surface area contributed by atoms with Gasteiger partial charge < -0.3 is 15.7 Å². The summed E-state index contributed by atoms with van der Waals surface area (Å²) in [6.07, 6.45) is 2.42. The monoisotopic (exact) mass is 282 g/mol. The van der Waals surface area contributed by atoms with Crippen molar-refractivity contribution in [2.45, 2.75) is 25.3 Å². The number of thiocarbonyl (C=S) groups is 1. The third-order valence-corrected chi connectivity index (χ3v) is 3.57. The number of likely N-dealkylation sites (tertiary alicyclic amines) is 1. The molecule has 0 aliphatic carbocycles. The molecule has 19 heavy (non-hydrogen) atoms. The predicted molar refractivity (Wildman–Crippen MR) is 73.5 cm³/mol. The normalized spacial score (nSPS) is 19.2. The summed E-state index contributed by atoms with van der Waals surface area (Å²) in [5.74, 6) is -1.66. The first kappa shape index (κ1) is 13.7. The van der Waals surface area contributed by atoms with E-state index in [9.17, 15) is 14.3 Å². The van der Waals surface area contributed by atoms with Crippen LogP contribution in [0.3, 0.4) is 0 Å². The van der Waals surface area contributed by atoms with Gasteiger partial charge in [0.2, 0.25) is 0 Å². The molecule has 1 fully saturated rings. The second-order valence-corrected chi connectivity index (χ2v) is 5.02. The van der Waals surface area contributed by atoms with E-state index < -0.39 is 11.7 Å². The minimum Gasteiger partial charge on any atom is -0.507 e. The predicted octanol–water partition coefficient (Wildman–Crippen LogP) is 1.81. The van der Waals surface area contributed by atoms with Crippen LogP contribution >= 0.6 is 12.2 Å². The topological polar surface area (TPSA) is 66.6 Å². The number of phenols is 1. The van der Waals surface area contributed by atoms with Crippen molar-refractivity contribution in [2.24, 2.45) is 5.73 Å². The Kier molecular flexibility index (Phi) is 3.99. The minimum absolute atomic E-state index is 0.226. The average molecular weight is 282 g/mol. The number of benzene rings is 1. The fraction of sp³-hybridized carbons (Fsp3) is 0.385. The summed E-state index contributed by atoms with van der Waals surface area (Å²) >= 11 is 4.96. The molecule has 0 bridgehead atoms. The number of phenolic OH excluding ortho intramolecular Hbond substituents is 1. The Bertz CT molecular complexity index is 501. The van der Waals surface area contributed by atoms with Gasteiger partial charge in [0.15, 0.2) is 0 Å². The molecule has 4 nitrogen and oxygen atoms in total. The molecule has 2 rings (SSSR count). The molecule has 0 saturated carbocycles. The van der Waals surface area contributed by atoms with Crippen molar-refractivity contribution in [3.8, 4) is 5.75 Å². The van der Waals surface area contributed by atoms with Gasteiger partial charge in [-0.3, -0.25) is 4.79 Å². The van der Waals surface area contributed by atoms with E-state index in [2.05, 4.69) is 0 Å². The lowest BCUT2D eigenvalue weighted by atomic mass is 10.0. The largest absolute Gasteiger partial charge is 0.507 e. The number of carbonyl (C=O) groups excluding carboxylic acids is 1. The average Bonchev–Trinajstić information content (AvgIpc) is 2.38. The van der Waals surface area contributed by atoms with Crippen LogP contribution in [0.4, 0.5) is 4.39 Å². The van der Waals surface area contributed by atoms with Crippen molar-refractivity contribution in [2.75, 3.05) is 6.54 Å². The molecule has 1 amide bonds. The van der Waals surface area contributed by atoms with Crippen LogP contribution in [0.5, 0.6) is 5.75 Å². The van der Waals surface area contributed by atoms with E-state index in [-0.39, 0.29) is 22.3 Å². The molecule has 0 spiro atoms. The number of halogens is 1. The molecule has 1 saturated heterocycles. The summed E-state index contributed by atoms with van der Waals surface area (Å²) in [5, 5.41) is 9.67. The maximum absolute atomic E-state index is 13.7. The Morgan fingerprint density at radius 2 is 2.21 bits per heavy atom. The molecule has 6 heteroatoms. The van der Waals surface area contributed by atoms with Crippen LogP contribution in [0.2, 0.25) is 0 Å². The maximum atomic E-state index is 13.7. The van der Waals surface area contributed by atoms with Gasteiger partial charge in [-0.15, -0.1) is 0 Å². The fourth-order valence-electron chi connectivity index (χ4n) is 2.34. The number of aromatic hydroxyl groups is 1. The second kappa shape index (κ2) is 5.52. The summed E-state index contributed by atoms with van der Waals surface area (Å²) in [6.45, 7) is 0.467. The maximum Gasteiger partial charge on any atom is 0.261 e. The standard InChI is InChI=1S/C13H15FN2O2S/c14-8-4-3-6-10(17)11(8)13(18)16-7-2-1-5-9(16)12(15)19/h3-4,6,9,17H,1-2,5,7H2,(H2,15,19). The molecule has 1 heterocycles. The van der Waals surface area contributed by atoms with E-state index in [1.165, 1.54) is 17.0 Å². The van der Waals surface area contributed by atoms with Gasteiger partial charge in [-0.2, -0.15) is 0 Å². The summed E-state index contributed by atoms with van der Waals surface area (Å²) < 4.78 is 13.7. The highest BCUT2D eigenvalue weighted by Crippen LogP contribution is 2.26. The highest BCUT2D eigenvalue weighted by molar-refractivity contribution is 7.80. The van der Waals surface area contributed by atoms with E-state index in [1.807, 2.05) is 0 Å². The Morgan fingerprint density at radius 1 is 1.47 bits per heavy atom. The van der Waals surface area contributed by atoms with Crippen LogP contribution in [0.1, 0.15) is 29.6 Å². The van der Waals surface area contributed by atoms with Crippen LogP contribution in [0, 0.1) is 5.82 Å². The number of amides is 1. The zero-order chi connectivity index (χ0) is 14.0. The van der Waals surface area contributed by atoms with E-state index >= 15 is 0 Å². The van der Waals surface area contributed by atoms with Gasteiger partial charge in [-0.05, 0) is 31.4 Å². The number of carbonyl (C=O) groups is 1. The van der Waals surface area contributed by atoms with Crippen molar-refractivity contribution < 1.29 is 14.3 Å². The quantitative estimate of drug-likeness (QED) is 0.812. The second-order valence-electron chi connectivity index (χ2n) is 4.55. The van der Waals surface area contributed by atoms with Gasteiger partial charge in [-0.1, -0.05) is 18.3 Å². The Labute approximate surface area is 116 Å². The van der Waals surface area contributed by atoms with Crippen LogP contribution in [0.25, 0.3) is 0 Å². The molecule has 3 N–H and O–H groups in total. The van der Waals surface area contributed by atoms with Crippen LogP contribution in [-0.2, 0) is 0 Å². The third kappa shape index (κ3) is 2.68. The summed E-state index contributed by atoms with van der Waals surface area (Å²) in [4.78, 5) is 14.0. The van der Waals surface area contributed by atoms with E-state index in [0.717, 1.165) is 18.9 Å². The number of rotatable bonds is 2. The molecule has 1 unspecified atom stereocenters. The minimum atomic E-state index is -0.739. The summed E-state index contributed by atoms with van der Waals surface area (Å²) in [6, 6.07) is 3.42. The number of hydrogen-bond donors (Lipinski definition) is 2. The molecular formula is C13H15FN2O2S. The van der Waals surface area contributed by atoms with Crippen molar-refractivity contribution >= 4 is 23.1 Å². The molecule has 1 aromatic carbocycles. The van der Waals surface area contributed by atoms with Crippen LogP contribution < -0.4 is 5.73 Å². The fourth-order valence-corrected chi connectivity index (χ4v) is 2.58. The van der Waals surface area contributed by atoms with Crippen molar-refractivity contribution in [1.29, 1.82) is 0 Å². The molecule has 1 aromatic rings. The SMILES string of the molecule is NC(=S)C1CCCCN1C(=O)c1c(O)cccc1F. The molecule has 0 radical (unpaired) electrons. The van der Waals surface area contributed by atoms with Gasteiger partial charge in [0.05, 0.1) is 11.0 Å². The van der Waals surface area contributed by atoms with Gasteiger partial charge in [-0.25, -0.2) is 4.39 Å². The highest BCUT2D eigenvalue weighted by Gasteiger charge is 2.31. The number of piperidine rings is 1. The van der Waals surface area contributed by atoms with Gasteiger partial charge >= 0.3 is 0 Å². The van der Waals surface area contributed by atoms with Crippen molar-refractivity contribution in [3.05, 3.63) is 29.6 Å². The molecule has 102 valence electrons. The lowest BCUT2D eigenvalue weighted by molar-refractivity contribution is 0.0673. The van der Waals surface area contributed by atoms with E-state index in [0.29, 0.717) is 13.0 Å². The Hall–Kier alpha value is -1.69. The van der Waals surface area contributed by atoms with Crippen LogP contribution in [-0.4, -0.2) is 33.5 Å². The summed E-state index contributed by atoms with van der Waals surface area (Å²) in [5.41, 5.74) is 5.32. The molecule has 1 atom stereocenters. The van der Waals surface area contributed by atoms with Gasteiger partial charge in [0.1, 0.15) is 17.1 Å².